The van der Waals surface area contributed by atoms with Gasteiger partial charge in [0.2, 0.25) is 5.88 Å². The van der Waals surface area contributed by atoms with Crippen molar-refractivity contribution in [3.8, 4) is 5.88 Å². The van der Waals surface area contributed by atoms with Crippen LogP contribution in [0, 0.1) is 13.8 Å². The number of carbonyl (C=O) groups excluding carboxylic acids is 1. The standard InChI is InChI=1S/C15H15F3N4O2/c1-9-5-11(7-21-14(9)24-8-15(16,17)18)6-20-13(23)12-3-4-19-10(2)22-12/h3-5,7H,6,8H2,1-2H3,(H,20,23). The van der Waals surface area contributed by atoms with Crippen molar-refractivity contribution >= 4 is 5.91 Å². The van der Waals surface area contributed by atoms with E-state index in [-0.39, 0.29) is 24.0 Å². The van der Waals surface area contributed by atoms with Gasteiger partial charge < -0.3 is 10.1 Å². The van der Waals surface area contributed by atoms with E-state index in [1.807, 2.05) is 0 Å². The largest absolute Gasteiger partial charge is 0.468 e. The SMILES string of the molecule is Cc1nccc(C(=O)NCc2cnc(OCC(F)(F)F)c(C)c2)n1. The minimum Gasteiger partial charge on any atom is -0.468 e. The van der Waals surface area contributed by atoms with Gasteiger partial charge in [0, 0.05) is 24.5 Å². The highest BCUT2D eigenvalue weighted by Crippen LogP contribution is 2.20. The molecule has 2 rings (SSSR count). The second-order valence-electron chi connectivity index (χ2n) is 5.04. The number of nitrogens with zero attached hydrogens (tertiary/aromatic N) is 3. The zero-order valence-corrected chi connectivity index (χ0v) is 13.0. The molecular formula is C15H15F3N4O2. The average molecular weight is 340 g/mol. The predicted octanol–water partition coefficient (Wildman–Crippen LogP) is 2.36. The first kappa shape index (κ1) is 17.6. The lowest BCUT2D eigenvalue weighted by molar-refractivity contribution is -0.154. The third kappa shape index (κ3) is 5.18. The summed E-state index contributed by atoms with van der Waals surface area (Å²) >= 11 is 0. The Labute approximate surface area is 136 Å². The molecule has 0 atom stereocenters. The van der Waals surface area contributed by atoms with Crippen LogP contribution in [0.4, 0.5) is 13.2 Å². The summed E-state index contributed by atoms with van der Waals surface area (Å²) in [6.45, 7) is 2.01. The van der Waals surface area contributed by atoms with Crippen LogP contribution >= 0.6 is 0 Å². The molecule has 0 radical (unpaired) electrons. The van der Waals surface area contributed by atoms with Gasteiger partial charge >= 0.3 is 6.18 Å². The van der Waals surface area contributed by atoms with Crippen molar-refractivity contribution in [2.75, 3.05) is 6.61 Å². The van der Waals surface area contributed by atoms with Crippen molar-refractivity contribution < 1.29 is 22.7 Å². The van der Waals surface area contributed by atoms with Crippen LogP contribution in [0.5, 0.6) is 5.88 Å². The molecule has 1 N–H and O–H groups in total. The van der Waals surface area contributed by atoms with E-state index in [0.29, 0.717) is 17.0 Å². The Hall–Kier alpha value is -2.71. The van der Waals surface area contributed by atoms with E-state index in [2.05, 4.69) is 25.0 Å². The van der Waals surface area contributed by atoms with E-state index in [9.17, 15) is 18.0 Å². The average Bonchev–Trinajstić information content (AvgIpc) is 2.50. The number of rotatable bonds is 5. The van der Waals surface area contributed by atoms with Gasteiger partial charge in [0.25, 0.3) is 5.91 Å². The number of halogens is 3. The molecule has 0 aromatic carbocycles. The first-order valence-corrected chi connectivity index (χ1v) is 6.97. The predicted molar refractivity (Wildman–Crippen MR) is 78.5 cm³/mol. The van der Waals surface area contributed by atoms with Crippen LogP contribution in [0.3, 0.4) is 0 Å². The zero-order chi connectivity index (χ0) is 17.7. The Balaban J connectivity index is 1.96. The molecule has 0 aliphatic heterocycles. The molecule has 0 bridgehead atoms. The van der Waals surface area contributed by atoms with E-state index in [1.165, 1.54) is 18.5 Å². The summed E-state index contributed by atoms with van der Waals surface area (Å²) in [5.41, 5.74) is 1.31. The number of nitrogens with one attached hydrogen (secondary N) is 1. The number of ether oxygens (including phenoxy) is 1. The van der Waals surface area contributed by atoms with Crippen molar-refractivity contribution in [1.29, 1.82) is 0 Å². The maximum atomic E-state index is 12.1. The van der Waals surface area contributed by atoms with Crippen molar-refractivity contribution in [2.24, 2.45) is 0 Å². The topological polar surface area (TPSA) is 77.0 Å². The van der Waals surface area contributed by atoms with Crippen molar-refractivity contribution in [1.82, 2.24) is 20.3 Å². The number of aromatic nitrogens is 3. The Morgan fingerprint density at radius 3 is 2.67 bits per heavy atom. The molecule has 0 aliphatic rings. The summed E-state index contributed by atoms with van der Waals surface area (Å²) in [4.78, 5) is 23.7. The summed E-state index contributed by atoms with van der Waals surface area (Å²) in [6.07, 6.45) is -1.59. The highest BCUT2D eigenvalue weighted by molar-refractivity contribution is 5.92. The van der Waals surface area contributed by atoms with E-state index in [4.69, 9.17) is 0 Å². The highest BCUT2D eigenvalue weighted by Gasteiger charge is 2.28. The van der Waals surface area contributed by atoms with Crippen LogP contribution in [0.1, 0.15) is 27.4 Å². The van der Waals surface area contributed by atoms with Gasteiger partial charge in [-0.25, -0.2) is 15.0 Å². The number of carbonyl (C=O) groups is 1. The third-order valence-electron chi connectivity index (χ3n) is 2.92. The summed E-state index contributed by atoms with van der Waals surface area (Å²) < 4.78 is 41.0. The monoisotopic (exact) mass is 340 g/mol. The maximum Gasteiger partial charge on any atom is 0.422 e. The fourth-order valence-electron chi connectivity index (χ4n) is 1.87. The molecule has 0 saturated heterocycles. The molecule has 6 nitrogen and oxygen atoms in total. The van der Waals surface area contributed by atoms with E-state index in [0.717, 1.165) is 0 Å². The zero-order valence-electron chi connectivity index (χ0n) is 13.0. The third-order valence-corrected chi connectivity index (χ3v) is 2.92. The summed E-state index contributed by atoms with van der Waals surface area (Å²) in [7, 11) is 0. The Kier molecular flexibility index (Phi) is 5.32. The molecule has 1 amide bonds. The van der Waals surface area contributed by atoms with Crippen LogP contribution < -0.4 is 10.1 Å². The van der Waals surface area contributed by atoms with Crippen molar-refractivity contribution in [3.05, 3.63) is 47.2 Å². The summed E-state index contributed by atoms with van der Waals surface area (Å²) in [5, 5.41) is 2.66. The van der Waals surface area contributed by atoms with Gasteiger partial charge in [0.05, 0.1) is 0 Å². The van der Waals surface area contributed by atoms with Gasteiger partial charge in [-0.1, -0.05) is 0 Å². The van der Waals surface area contributed by atoms with Gasteiger partial charge in [-0.3, -0.25) is 4.79 Å². The maximum absolute atomic E-state index is 12.1. The quantitative estimate of drug-likeness (QED) is 0.904. The molecule has 0 unspecified atom stereocenters. The van der Waals surface area contributed by atoms with Gasteiger partial charge in [0.15, 0.2) is 6.61 Å². The Bertz CT molecular complexity index is 735. The molecular weight excluding hydrogens is 325 g/mol. The Morgan fingerprint density at radius 2 is 2.04 bits per heavy atom. The molecule has 0 aliphatic carbocycles. The molecule has 0 fully saturated rings. The fourth-order valence-corrected chi connectivity index (χ4v) is 1.87. The normalized spacial score (nSPS) is 11.2. The second-order valence-corrected chi connectivity index (χ2v) is 5.04. The Morgan fingerprint density at radius 1 is 1.29 bits per heavy atom. The minimum atomic E-state index is -4.42. The first-order valence-electron chi connectivity index (χ1n) is 6.97. The number of hydrogen-bond acceptors (Lipinski definition) is 5. The lowest BCUT2D eigenvalue weighted by Crippen LogP contribution is -2.24. The summed E-state index contributed by atoms with van der Waals surface area (Å²) in [5.74, 6) is 0.00991. The van der Waals surface area contributed by atoms with Crippen molar-refractivity contribution in [3.63, 3.8) is 0 Å². The van der Waals surface area contributed by atoms with E-state index in [1.54, 1.807) is 19.9 Å². The van der Waals surface area contributed by atoms with Gasteiger partial charge in [-0.2, -0.15) is 13.2 Å². The van der Waals surface area contributed by atoms with Gasteiger partial charge in [0.1, 0.15) is 11.5 Å². The fraction of sp³-hybridized carbons (Fsp3) is 0.333. The van der Waals surface area contributed by atoms with Gasteiger partial charge in [-0.15, -0.1) is 0 Å². The number of alkyl halides is 3. The van der Waals surface area contributed by atoms with E-state index >= 15 is 0 Å². The number of amides is 1. The number of aryl methyl sites for hydroxylation is 2. The molecule has 2 heterocycles. The van der Waals surface area contributed by atoms with Crippen LogP contribution in [-0.2, 0) is 6.54 Å². The molecule has 2 aromatic rings. The molecule has 9 heteroatoms. The smallest absolute Gasteiger partial charge is 0.422 e. The van der Waals surface area contributed by atoms with Crippen LogP contribution in [-0.4, -0.2) is 33.6 Å². The number of hydrogen-bond donors (Lipinski definition) is 1. The highest BCUT2D eigenvalue weighted by atomic mass is 19.4. The first-order chi connectivity index (χ1) is 11.2. The lowest BCUT2D eigenvalue weighted by Gasteiger charge is -2.11. The number of pyridine rings is 1. The molecule has 24 heavy (non-hydrogen) atoms. The van der Waals surface area contributed by atoms with Crippen LogP contribution in [0.2, 0.25) is 0 Å². The molecule has 2 aromatic heterocycles. The van der Waals surface area contributed by atoms with Crippen LogP contribution in [0.25, 0.3) is 0 Å². The summed E-state index contributed by atoms with van der Waals surface area (Å²) in [6, 6.07) is 3.09. The second kappa shape index (κ2) is 7.24. The van der Waals surface area contributed by atoms with Crippen LogP contribution in [0.15, 0.2) is 24.5 Å². The lowest BCUT2D eigenvalue weighted by atomic mass is 10.2. The van der Waals surface area contributed by atoms with E-state index < -0.39 is 12.8 Å². The van der Waals surface area contributed by atoms with Crippen molar-refractivity contribution in [2.45, 2.75) is 26.6 Å². The van der Waals surface area contributed by atoms with Gasteiger partial charge in [-0.05, 0) is 31.5 Å². The minimum absolute atomic E-state index is 0.0890. The molecule has 0 saturated carbocycles. The molecule has 128 valence electrons. The molecule has 0 spiro atoms.